The first-order chi connectivity index (χ1) is 31.7. The van der Waals surface area contributed by atoms with Gasteiger partial charge in [-0.2, -0.15) is 0 Å². The van der Waals surface area contributed by atoms with Gasteiger partial charge in [0.25, 0.3) is 0 Å². The lowest BCUT2D eigenvalue weighted by Gasteiger charge is -2.27. The van der Waals surface area contributed by atoms with Crippen LogP contribution in [0, 0.1) is 0 Å². The fraction of sp³-hybridized carbons (Fsp3) is 0. The van der Waals surface area contributed by atoms with Crippen LogP contribution in [0.15, 0.2) is 243 Å². The van der Waals surface area contributed by atoms with Gasteiger partial charge in [0.2, 0.25) is 0 Å². The molecule has 0 amide bonds. The van der Waals surface area contributed by atoms with Crippen LogP contribution in [0.1, 0.15) is 0 Å². The summed E-state index contributed by atoms with van der Waals surface area (Å²) < 4.78 is 2.47. The maximum atomic E-state index is 2.47. The van der Waals surface area contributed by atoms with Crippen LogP contribution < -0.4 is 4.90 Å². The molecule has 13 aromatic rings. The van der Waals surface area contributed by atoms with Crippen molar-refractivity contribution in [2.45, 2.75) is 0 Å². The summed E-state index contributed by atoms with van der Waals surface area (Å²) in [6, 6.07) is 89.1. The predicted octanol–water partition coefficient (Wildman–Crippen LogP) is 17.4. The molecule has 0 unspecified atom stereocenters. The summed E-state index contributed by atoms with van der Waals surface area (Å²) in [7, 11) is 0. The summed E-state index contributed by atoms with van der Waals surface area (Å²) in [5, 5.41) is 15.1. The quantitative estimate of drug-likeness (QED) is 0.152. The Morgan fingerprint density at radius 3 is 1.44 bits per heavy atom. The van der Waals surface area contributed by atoms with Gasteiger partial charge in [0.05, 0.1) is 16.7 Å². The number of hydrogen-bond acceptors (Lipinski definition) is 1. The molecule has 0 spiro atoms. The summed E-state index contributed by atoms with van der Waals surface area (Å²) in [4.78, 5) is 2.37. The fourth-order valence-electron chi connectivity index (χ4n) is 10.4. The normalized spacial score (nSPS) is 11.8. The Hall–Kier alpha value is -8.46. The summed E-state index contributed by atoms with van der Waals surface area (Å²) in [5.74, 6) is 0. The molecule has 13 rings (SSSR count). The van der Waals surface area contributed by atoms with E-state index in [0.29, 0.717) is 0 Å². The molecule has 0 N–H and O–H groups in total. The van der Waals surface area contributed by atoms with E-state index in [9.17, 15) is 0 Å². The second-order valence-corrected chi connectivity index (χ2v) is 16.9. The van der Waals surface area contributed by atoms with Crippen LogP contribution in [0.4, 0.5) is 17.1 Å². The van der Waals surface area contributed by atoms with E-state index in [-0.39, 0.29) is 0 Å². The smallest absolute Gasteiger partial charge is 0.0541 e. The third-order valence-electron chi connectivity index (χ3n) is 13.3. The van der Waals surface area contributed by atoms with E-state index in [1.807, 2.05) is 0 Å². The Bertz CT molecular complexity index is 3910. The molecule has 64 heavy (non-hydrogen) atoms. The molecule has 0 aliphatic rings. The number of hydrogen-bond donors (Lipinski definition) is 0. The van der Waals surface area contributed by atoms with Crippen LogP contribution >= 0.6 is 0 Å². The van der Waals surface area contributed by atoms with E-state index in [0.717, 1.165) is 22.7 Å². The molecule has 0 saturated heterocycles. The fourth-order valence-corrected chi connectivity index (χ4v) is 10.4. The van der Waals surface area contributed by atoms with E-state index in [4.69, 9.17) is 0 Å². The Labute approximate surface area is 371 Å². The Balaban J connectivity index is 0.998. The van der Waals surface area contributed by atoms with Gasteiger partial charge in [-0.15, -0.1) is 0 Å². The average molecular weight is 813 g/mol. The van der Waals surface area contributed by atoms with Crippen molar-refractivity contribution >= 4 is 92.7 Å². The van der Waals surface area contributed by atoms with Crippen LogP contribution in [-0.2, 0) is 0 Å². The number of fused-ring (bicyclic) bond motifs is 11. The van der Waals surface area contributed by atoms with Crippen molar-refractivity contribution in [2.75, 3.05) is 4.90 Å². The molecule has 0 saturated carbocycles. The Morgan fingerprint density at radius 2 is 0.750 bits per heavy atom. The number of anilines is 3. The van der Waals surface area contributed by atoms with Gasteiger partial charge in [-0.1, -0.05) is 176 Å². The van der Waals surface area contributed by atoms with Gasteiger partial charge >= 0.3 is 0 Å². The molecule has 2 nitrogen and oxygen atoms in total. The molecule has 0 bridgehead atoms. The molecule has 2 heteroatoms. The maximum absolute atomic E-state index is 2.47. The first-order valence-electron chi connectivity index (χ1n) is 22.1. The van der Waals surface area contributed by atoms with Crippen LogP contribution in [-0.4, -0.2) is 4.57 Å². The summed E-state index contributed by atoms with van der Waals surface area (Å²) >= 11 is 0. The highest BCUT2D eigenvalue weighted by atomic mass is 15.1. The van der Waals surface area contributed by atoms with E-state index >= 15 is 0 Å². The van der Waals surface area contributed by atoms with Gasteiger partial charge in [0, 0.05) is 33.2 Å². The topological polar surface area (TPSA) is 8.17 Å². The first-order valence-corrected chi connectivity index (χ1v) is 22.1. The third-order valence-corrected chi connectivity index (χ3v) is 13.3. The predicted molar refractivity (Wildman–Crippen MR) is 274 cm³/mol. The van der Waals surface area contributed by atoms with Crippen LogP contribution in [0.25, 0.3) is 104 Å². The van der Waals surface area contributed by atoms with Gasteiger partial charge in [-0.3, -0.25) is 0 Å². The van der Waals surface area contributed by atoms with Gasteiger partial charge in [-0.05, 0) is 137 Å². The monoisotopic (exact) mass is 812 g/mol. The zero-order valence-corrected chi connectivity index (χ0v) is 35.0. The van der Waals surface area contributed by atoms with Crippen LogP contribution in [0.5, 0.6) is 0 Å². The molecule has 12 aromatic carbocycles. The molecule has 1 aromatic heterocycles. The molecule has 0 atom stereocenters. The number of benzene rings is 12. The maximum Gasteiger partial charge on any atom is 0.0541 e. The van der Waals surface area contributed by atoms with Crippen LogP contribution in [0.3, 0.4) is 0 Å². The number of nitrogens with zero attached hydrogens (tertiary/aromatic N) is 2. The molecule has 0 radical (unpaired) electrons. The van der Waals surface area contributed by atoms with Crippen molar-refractivity contribution in [3.63, 3.8) is 0 Å². The van der Waals surface area contributed by atoms with Gasteiger partial charge < -0.3 is 9.47 Å². The summed E-state index contributed by atoms with van der Waals surface area (Å²) in [5.41, 5.74) is 11.7. The van der Waals surface area contributed by atoms with E-state index in [1.54, 1.807) is 0 Å². The molecule has 0 fully saturated rings. The molecule has 298 valence electrons. The zero-order chi connectivity index (χ0) is 42.1. The van der Waals surface area contributed by atoms with Crippen molar-refractivity contribution in [3.05, 3.63) is 243 Å². The Kier molecular flexibility index (Phi) is 8.25. The van der Waals surface area contributed by atoms with E-state index < -0.39 is 0 Å². The van der Waals surface area contributed by atoms with E-state index in [1.165, 1.54) is 97.9 Å². The minimum absolute atomic E-state index is 1.11. The molecule has 0 aliphatic heterocycles. The minimum atomic E-state index is 1.11. The van der Waals surface area contributed by atoms with Crippen molar-refractivity contribution in [1.82, 2.24) is 4.57 Å². The van der Waals surface area contributed by atoms with Crippen molar-refractivity contribution in [1.29, 1.82) is 0 Å². The van der Waals surface area contributed by atoms with Crippen LogP contribution in [0.2, 0.25) is 0 Å². The zero-order valence-electron chi connectivity index (χ0n) is 35.0. The molecule has 1 heterocycles. The third kappa shape index (κ3) is 5.73. The van der Waals surface area contributed by atoms with E-state index in [2.05, 4.69) is 252 Å². The second-order valence-electron chi connectivity index (χ2n) is 16.9. The van der Waals surface area contributed by atoms with Crippen molar-refractivity contribution in [3.8, 4) is 27.9 Å². The average Bonchev–Trinajstić information content (AvgIpc) is 3.70. The van der Waals surface area contributed by atoms with Crippen molar-refractivity contribution < 1.29 is 0 Å². The first kappa shape index (κ1) is 36.2. The van der Waals surface area contributed by atoms with Gasteiger partial charge in [-0.25, -0.2) is 0 Å². The second kappa shape index (κ2) is 14.6. The van der Waals surface area contributed by atoms with Gasteiger partial charge in [0.1, 0.15) is 0 Å². The lowest BCUT2D eigenvalue weighted by Crippen LogP contribution is -2.10. The highest BCUT2D eigenvalue weighted by Gasteiger charge is 2.19. The summed E-state index contributed by atoms with van der Waals surface area (Å²) in [6.07, 6.45) is 0. The largest absolute Gasteiger partial charge is 0.310 e. The molecule has 0 aliphatic carbocycles. The lowest BCUT2D eigenvalue weighted by atomic mass is 9.94. The van der Waals surface area contributed by atoms with Gasteiger partial charge in [0.15, 0.2) is 0 Å². The number of para-hydroxylation sites is 1. The highest BCUT2D eigenvalue weighted by molar-refractivity contribution is 6.26. The van der Waals surface area contributed by atoms with Crippen molar-refractivity contribution in [2.24, 2.45) is 0 Å². The molecular weight excluding hydrogens is 773 g/mol. The summed E-state index contributed by atoms with van der Waals surface area (Å²) in [6.45, 7) is 0. The highest BCUT2D eigenvalue weighted by Crippen LogP contribution is 2.43. The lowest BCUT2D eigenvalue weighted by molar-refractivity contribution is 1.19. The standard InChI is InChI=1S/C62H40N2/c1-2-18-46(19-3-1)63(60-27-13-17-43-15-5-7-21-51(43)60)47-32-28-41(29-33-47)44-30-36-61-58(38-44)59-39-45(50-26-12-16-42-14-4-6-20-49(42)50)31-37-62(59)64(61)48-34-35-56-54-24-9-8-22-52(54)53-23-10-11-25-55(53)57(56)40-48/h1-40H. The SMILES string of the molecule is c1ccc(N(c2ccc(-c3ccc4c(c3)c3cc(-c5cccc6ccccc56)ccc3n4-c3ccc4c5ccccc5c5ccccc5c4c3)cc2)c2cccc3ccccc23)cc1. The Morgan fingerprint density at radius 1 is 0.266 bits per heavy atom. The minimum Gasteiger partial charge on any atom is -0.310 e. The number of aromatic nitrogens is 1. The molecular formula is C62H40N2. The number of rotatable bonds is 6.